The van der Waals surface area contributed by atoms with E-state index in [1.165, 1.54) is 0 Å². The van der Waals surface area contributed by atoms with Crippen molar-refractivity contribution in [2.45, 2.75) is 25.8 Å². The number of aromatic amines is 1. The molecule has 26 heavy (non-hydrogen) atoms. The first-order chi connectivity index (χ1) is 12.6. The maximum absolute atomic E-state index is 13.0. The second-order valence-corrected chi connectivity index (χ2v) is 6.90. The fourth-order valence-corrected chi connectivity index (χ4v) is 3.72. The van der Waals surface area contributed by atoms with E-state index in [4.69, 9.17) is 0 Å². The number of carbonyl (C=O) groups excluding carboxylic acids is 1. The average Bonchev–Trinajstić information content (AvgIpc) is 3.16. The Bertz CT molecular complexity index is 927. The molecule has 0 bridgehead atoms. The van der Waals surface area contributed by atoms with Crippen LogP contribution in [0.15, 0.2) is 42.9 Å². The summed E-state index contributed by atoms with van der Waals surface area (Å²) in [6.07, 6.45) is 5.37. The van der Waals surface area contributed by atoms with Gasteiger partial charge in [-0.05, 0) is 38.0 Å². The van der Waals surface area contributed by atoms with Gasteiger partial charge < -0.3 is 14.8 Å². The Balaban J connectivity index is 1.45. The van der Waals surface area contributed by atoms with E-state index in [2.05, 4.69) is 26.9 Å². The van der Waals surface area contributed by atoms with Gasteiger partial charge in [0.2, 0.25) is 0 Å². The lowest BCUT2D eigenvalue weighted by Crippen LogP contribution is -2.46. The van der Waals surface area contributed by atoms with Gasteiger partial charge in [0.05, 0.1) is 0 Å². The summed E-state index contributed by atoms with van der Waals surface area (Å²) in [5, 5.41) is 0.994. The van der Waals surface area contributed by atoms with Crippen molar-refractivity contribution in [3.8, 4) is 0 Å². The van der Waals surface area contributed by atoms with Crippen LogP contribution in [0.3, 0.4) is 0 Å². The highest BCUT2D eigenvalue weighted by molar-refractivity contribution is 6.06. The van der Waals surface area contributed by atoms with Crippen molar-refractivity contribution >= 4 is 22.6 Å². The third-order valence-corrected chi connectivity index (χ3v) is 5.28. The van der Waals surface area contributed by atoms with Gasteiger partial charge in [-0.25, -0.2) is 9.97 Å². The molecule has 1 aliphatic rings. The molecular formula is C20H23N5O. The number of likely N-dealkylation sites (tertiary alicyclic amines) is 1. The lowest BCUT2D eigenvalue weighted by atomic mass is 10.0. The molecule has 4 rings (SSSR count). The number of nitrogens with zero attached hydrogens (tertiary/aromatic N) is 4. The predicted molar refractivity (Wildman–Crippen MR) is 102 cm³/mol. The molecule has 0 unspecified atom stereocenters. The van der Waals surface area contributed by atoms with Gasteiger partial charge in [-0.15, -0.1) is 0 Å². The van der Waals surface area contributed by atoms with E-state index in [0.29, 0.717) is 6.04 Å². The molecule has 1 N–H and O–H groups in total. The normalized spacial score (nSPS) is 15.4. The number of hydrogen-bond acceptors (Lipinski definition) is 4. The number of carbonyl (C=O) groups is 1. The molecule has 0 atom stereocenters. The Morgan fingerprint density at radius 2 is 2.04 bits per heavy atom. The van der Waals surface area contributed by atoms with Crippen LogP contribution in [-0.2, 0) is 0 Å². The van der Waals surface area contributed by atoms with Crippen LogP contribution in [0.2, 0.25) is 0 Å². The highest BCUT2D eigenvalue weighted by atomic mass is 16.2. The second kappa shape index (κ2) is 6.78. The molecule has 0 saturated carbocycles. The monoisotopic (exact) mass is 349 g/mol. The second-order valence-electron chi connectivity index (χ2n) is 6.90. The quantitative estimate of drug-likeness (QED) is 0.789. The van der Waals surface area contributed by atoms with Crippen molar-refractivity contribution in [2.75, 3.05) is 25.0 Å². The molecule has 1 fully saturated rings. The topological polar surface area (TPSA) is 65.1 Å². The number of aryl methyl sites for hydroxylation is 1. The minimum absolute atomic E-state index is 0.120. The van der Waals surface area contributed by atoms with E-state index in [1.54, 1.807) is 6.33 Å². The van der Waals surface area contributed by atoms with Gasteiger partial charge in [0.15, 0.2) is 0 Å². The number of hydrogen-bond donors (Lipinski definition) is 1. The van der Waals surface area contributed by atoms with Crippen molar-refractivity contribution in [3.05, 3.63) is 54.1 Å². The third-order valence-electron chi connectivity index (χ3n) is 5.28. The fourth-order valence-electron chi connectivity index (χ4n) is 3.72. The minimum Gasteiger partial charge on any atom is -0.361 e. The Hall–Kier alpha value is -2.89. The molecule has 0 spiro atoms. The number of fused-ring (bicyclic) bond motifs is 1. The molecule has 6 heteroatoms. The summed E-state index contributed by atoms with van der Waals surface area (Å²) in [6, 6.07) is 10.2. The van der Waals surface area contributed by atoms with Gasteiger partial charge in [0.1, 0.15) is 12.1 Å². The van der Waals surface area contributed by atoms with Crippen molar-refractivity contribution in [3.63, 3.8) is 0 Å². The van der Waals surface area contributed by atoms with E-state index < -0.39 is 0 Å². The van der Waals surface area contributed by atoms with Crippen molar-refractivity contribution in [1.82, 2.24) is 19.9 Å². The first kappa shape index (κ1) is 16.6. The summed E-state index contributed by atoms with van der Waals surface area (Å²) >= 11 is 0. The SMILES string of the molecule is Cc1cc(N(C)C2CCN(C(=O)c3cccc4[nH]ccc34)CC2)ncn1. The molecule has 0 aliphatic carbocycles. The smallest absolute Gasteiger partial charge is 0.254 e. The summed E-state index contributed by atoms with van der Waals surface area (Å²) < 4.78 is 0. The number of amides is 1. The van der Waals surface area contributed by atoms with E-state index in [9.17, 15) is 4.79 Å². The number of rotatable bonds is 3. The van der Waals surface area contributed by atoms with Gasteiger partial charge in [0.25, 0.3) is 5.91 Å². The maximum atomic E-state index is 13.0. The summed E-state index contributed by atoms with van der Waals surface area (Å²) in [5.41, 5.74) is 2.75. The Kier molecular flexibility index (Phi) is 4.32. The zero-order chi connectivity index (χ0) is 18.1. The number of nitrogens with one attached hydrogen (secondary N) is 1. The van der Waals surface area contributed by atoms with Crippen molar-refractivity contribution in [2.24, 2.45) is 0 Å². The van der Waals surface area contributed by atoms with Crippen molar-refractivity contribution < 1.29 is 4.79 Å². The third kappa shape index (κ3) is 3.03. The van der Waals surface area contributed by atoms with Crippen LogP contribution in [0.25, 0.3) is 10.9 Å². The zero-order valence-electron chi connectivity index (χ0n) is 15.1. The van der Waals surface area contributed by atoms with Crippen LogP contribution in [-0.4, -0.2) is 51.9 Å². The lowest BCUT2D eigenvalue weighted by molar-refractivity contribution is 0.0715. The molecule has 3 heterocycles. The Morgan fingerprint density at radius 1 is 1.23 bits per heavy atom. The van der Waals surface area contributed by atoms with Gasteiger partial charge in [-0.1, -0.05) is 6.07 Å². The number of benzene rings is 1. The average molecular weight is 349 g/mol. The molecule has 1 amide bonds. The molecule has 2 aromatic heterocycles. The van der Waals surface area contributed by atoms with Crippen LogP contribution in [0.1, 0.15) is 28.9 Å². The summed E-state index contributed by atoms with van der Waals surface area (Å²) in [4.78, 5) is 28.9. The van der Waals surface area contributed by atoms with Crippen molar-refractivity contribution in [1.29, 1.82) is 0 Å². The molecule has 1 aliphatic heterocycles. The fraction of sp³-hybridized carbons (Fsp3) is 0.350. The maximum Gasteiger partial charge on any atom is 0.254 e. The van der Waals surface area contributed by atoms with Gasteiger partial charge in [0, 0.05) is 60.6 Å². The van der Waals surface area contributed by atoms with Gasteiger partial charge >= 0.3 is 0 Å². The van der Waals surface area contributed by atoms with Crippen LogP contribution in [0.4, 0.5) is 5.82 Å². The van der Waals surface area contributed by atoms with Crippen LogP contribution < -0.4 is 4.90 Å². The highest BCUT2D eigenvalue weighted by Crippen LogP contribution is 2.24. The first-order valence-corrected chi connectivity index (χ1v) is 9.00. The van der Waals surface area contributed by atoms with E-state index in [-0.39, 0.29) is 5.91 Å². The minimum atomic E-state index is 0.120. The molecule has 134 valence electrons. The molecule has 6 nitrogen and oxygen atoms in total. The molecule has 1 saturated heterocycles. The number of piperidine rings is 1. The Morgan fingerprint density at radius 3 is 2.81 bits per heavy atom. The summed E-state index contributed by atoms with van der Waals surface area (Å²) in [5.74, 6) is 1.06. The molecular weight excluding hydrogens is 326 g/mol. The largest absolute Gasteiger partial charge is 0.361 e. The lowest BCUT2D eigenvalue weighted by Gasteiger charge is -2.37. The van der Waals surface area contributed by atoms with Gasteiger partial charge in [-0.3, -0.25) is 4.79 Å². The number of H-pyrrole nitrogens is 1. The van der Waals surface area contributed by atoms with Crippen LogP contribution >= 0.6 is 0 Å². The standard InChI is InChI=1S/C20H23N5O/c1-14-12-19(23-13-22-14)24(2)15-7-10-25(11-8-15)20(26)17-4-3-5-18-16(17)6-9-21-18/h3-6,9,12-13,15,21H,7-8,10-11H2,1-2H3. The van der Waals surface area contributed by atoms with Gasteiger partial charge in [-0.2, -0.15) is 0 Å². The van der Waals surface area contributed by atoms with Crippen LogP contribution in [0.5, 0.6) is 0 Å². The molecule has 0 radical (unpaired) electrons. The number of anilines is 1. The Labute approximate surface area is 152 Å². The van der Waals surface area contributed by atoms with E-state index in [0.717, 1.165) is 53.9 Å². The summed E-state index contributed by atoms with van der Waals surface area (Å²) in [6.45, 7) is 3.50. The zero-order valence-corrected chi connectivity index (χ0v) is 15.1. The van der Waals surface area contributed by atoms with E-state index >= 15 is 0 Å². The highest BCUT2D eigenvalue weighted by Gasteiger charge is 2.27. The molecule has 1 aromatic carbocycles. The number of aromatic nitrogens is 3. The first-order valence-electron chi connectivity index (χ1n) is 9.00. The van der Waals surface area contributed by atoms with E-state index in [1.807, 2.05) is 48.4 Å². The molecule has 3 aromatic rings. The summed E-state index contributed by atoms with van der Waals surface area (Å²) in [7, 11) is 2.07. The predicted octanol–water partition coefficient (Wildman–Crippen LogP) is 3.01. The van der Waals surface area contributed by atoms with Crippen LogP contribution in [0, 0.1) is 6.92 Å².